The average molecular weight is 239 g/mol. The van der Waals surface area contributed by atoms with Gasteiger partial charge in [0, 0.05) is 18.9 Å². The van der Waals surface area contributed by atoms with Crippen molar-refractivity contribution in [3.05, 3.63) is 0 Å². The highest BCUT2D eigenvalue weighted by Gasteiger charge is 2.35. The quantitative estimate of drug-likeness (QED) is 0.750. The molecule has 0 aromatic rings. The van der Waals surface area contributed by atoms with Crippen molar-refractivity contribution in [3.63, 3.8) is 0 Å². The molecule has 0 bridgehead atoms. The van der Waals surface area contributed by atoms with Crippen LogP contribution in [0.2, 0.25) is 0 Å². The second kappa shape index (κ2) is 5.99. The molecule has 0 aromatic heterocycles. The first kappa shape index (κ1) is 14.7. The van der Waals surface area contributed by atoms with Gasteiger partial charge < -0.3 is 4.90 Å². The second-order valence-electron chi connectivity index (χ2n) is 6.49. The topological polar surface area (TPSA) is 20.3 Å². The summed E-state index contributed by atoms with van der Waals surface area (Å²) < 4.78 is 0. The molecule has 0 radical (unpaired) electrons. The number of hydrogen-bond acceptors (Lipinski definition) is 2. The summed E-state index contributed by atoms with van der Waals surface area (Å²) in [6.07, 6.45) is 2.99. The van der Waals surface area contributed by atoms with E-state index in [0.29, 0.717) is 17.1 Å². The zero-order valence-electron chi connectivity index (χ0n) is 12.3. The van der Waals surface area contributed by atoms with Crippen LogP contribution in [0.3, 0.4) is 0 Å². The number of ketones is 1. The summed E-state index contributed by atoms with van der Waals surface area (Å²) in [5.74, 6) is 1.49. The Kier molecular flexibility index (Phi) is 5.18. The predicted molar refractivity (Wildman–Crippen MR) is 73.1 cm³/mol. The molecule has 2 unspecified atom stereocenters. The van der Waals surface area contributed by atoms with Crippen LogP contribution >= 0.6 is 0 Å². The van der Waals surface area contributed by atoms with Gasteiger partial charge in [0.25, 0.3) is 0 Å². The summed E-state index contributed by atoms with van der Waals surface area (Å²) in [6, 6.07) is 0. The molecule has 2 atom stereocenters. The Morgan fingerprint density at radius 2 is 1.82 bits per heavy atom. The third-order valence-electron chi connectivity index (χ3n) is 4.36. The molecule has 0 heterocycles. The Morgan fingerprint density at radius 1 is 1.24 bits per heavy atom. The molecule has 1 rings (SSSR count). The molecule has 0 aliphatic heterocycles. The fourth-order valence-electron chi connectivity index (χ4n) is 2.87. The largest absolute Gasteiger partial charge is 0.303 e. The lowest BCUT2D eigenvalue weighted by molar-refractivity contribution is -0.127. The van der Waals surface area contributed by atoms with Crippen molar-refractivity contribution < 1.29 is 4.79 Å². The first-order chi connectivity index (χ1) is 7.88. The first-order valence-corrected chi connectivity index (χ1v) is 7.13. The van der Waals surface area contributed by atoms with Crippen LogP contribution in [0.5, 0.6) is 0 Å². The summed E-state index contributed by atoms with van der Waals surface area (Å²) in [5.41, 5.74) is 0.349. The molecule has 0 aromatic carbocycles. The summed E-state index contributed by atoms with van der Waals surface area (Å²) in [4.78, 5) is 14.4. The van der Waals surface area contributed by atoms with Crippen LogP contribution in [0.1, 0.15) is 53.9 Å². The minimum absolute atomic E-state index is 0.285. The fraction of sp³-hybridized carbons (Fsp3) is 0.933. The first-order valence-electron chi connectivity index (χ1n) is 7.13. The zero-order valence-corrected chi connectivity index (χ0v) is 12.3. The van der Waals surface area contributed by atoms with Crippen LogP contribution in [0.25, 0.3) is 0 Å². The maximum Gasteiger partial charge on any atom is 0.137 e. The molecular formula is C15H29NO. The van der Waals surface area contributed by atoms with Crippen LogP contribution in [0.15, 0.2) is 0 Å². The minimum Gasteiger partial charge on any atom is -0.303 e. The maximum atomic E-state index is 12.0. The van der Waals surface area contributed by atoms with E-state index < -0.39 is 0 Å². The molecule has 0 N–H and O–H groups in total. The van der Waals surface area contributed by atoms with E-state index in [-0.39, 0.29) is 5.92 Å². The monoisotopic (exact) mass is 239 g/mol. The standard InChI is InChI=1S/C15H29NO/c1-6-16(7-2)11-12-10-13(15(3,4)5)8-9-14(12)17/h12-13H,6-11H2,1-5H3. The van der Waals surface area contributed by atoms with E-state index in [4.69, 9.17) is 0 Å². The van der Waals surface area contributed by atoms with Gasteiger partial charge in [-0.15, -0.1) is 0 Å². The molecule has 1 fully saturated rings. The molecule has 2 nitrogen and oxygen atoms in total. The van der Waals surface area contributed by atoms with Crippen molar-refractivity contribution in [1.29, 1.82) is 0 Å². The van der Waals surface area contributed by atoms with Crippen molar-refractivity contribution in [3.8, 4) is 0 Å². The Labute approximate surface area is 107 Å². The van der Waals surface area contributed by atoms with E-state index in [9.17, 15) is 4.79 Å². The van der Waals surface area contributed by atoms with Crippen LogP contribution in [0.4, 0.5) is 0 Å². The molecule has 1 aliphatic rings. The van der Waals surface area contributed by atoms with Crippen molar-refractivity contribution in [2.24, 2.45) is 17.3 Å². The highest BCUT2D eigenvalue weighted by Crippen LogP contribution is 2.39. The summed E-state index contributed by atoms with van der Waals surface area (Å²) >= 11 is 0. The Bertz CT molecular complexity index is 250. The molecular weight excluding hydrogens is 210 g/mol. The lowest BCUT2D eigenvalue weighted by atomic mass is 9.68. The van der Waals surface area contributed by atoms with Gasteiger partial charge in [-0.1, -0.05) is 34.6 Å². The number of nitrogens with zero attached hydrogens (tertiary/aromatic N) is 1. The van der Waals surface area contributed by atoms with E-state index in [1.807, 2.05) is 0 Å². The summed E-state index contributed by atoms with van der Waals surface area (Å²) in [6.45, 7) is 14.4. The van der Waals surface area contributed by atoms with E-state index in [2.05, 4.69) is 39.5 Å². The second-order valence-corrected chi connectivity index (χ2v) is 6.49. The highest BCUT2D eigenvalue weighted by molar-refractivity contribution is 5.82. The predicted octanol–water partition coefficient (Wildman–Crippen LogP) is 3.36. The van der Waals surface area contributed by atoms with E-state index in [0.717, 1.165) is 38.9 Å². The minimum atomic E-state index is 0.285. The van der Waals surface area contributed by atoms with Crippen molar-refractivity contribution in [1.82, 2.24) is 4.90 Å². The lowest BCUT2D eigenvalue weighted by Gasteiger charge is -2.38. The molecule has 100 valence electrons. The number of Topliss-reactive ketones (excluding diaryl/α,β-unsaturated/α-hetero) is 1. The van der Waals surface area contributed by atoms with Crippen molar-refractivity contribution in [2.75, 3.05) is 19.6 Å². The van der Waals surface area contributed by atoms with E-state index in [1.165, 1.54) is 0 Å². The van der Waals surface area contributed by atoms with Crippen LogP contribution in [-0.2, 0) is 4.79 Å². The molecule has 17 heavy (non-hydrogen) atoms. The number of carbonyl (C=O) groups excluding carboxylic acids is 1. The Balaban J connectivity index is 2.60. The summed E-state index contributed by atoms with van der Waals surface area (Å²) in [7, 11) is 0. The van der Waals surface area contributed by atoms with Crippen molar-refractivity contribution >= 4 is 5.78 Å². The molecule has 1 aliphatic carbocycles. The maximum absolute atomic E-state index is 12.0. The van der Waals surface area contributed by atoms with Gasteiger partial charge in [0.2, 0.25) is 0 Å². The van der Waals surface area contributed by atoms with Gasteiger partial charge in [-0.2, -0.15) is 0 Å². The third kappa shape index (κ3) is 4.09. The van der Waals surface area contributed by atoms with Crippen LogP contribution in [-0.4, -0.2) is 30.3 Å². The SMILES string of the molecule is CCN(CC)CC1CC(C(C)(C)C)CCC1=O. The number of rotatable bonds is 4. The van der Waals surface area contributed by atoms with Gasteiger partial charge in [-0.3, -0.25) is 4.79 Å². The third-order valence-corrected chi connectivity index (χ3v) is 4.36. The normalized spacial score (nSPS) is 26.6. The van der Waals surface area contributed by atoms with Crippen LogP contribution < -0.4 is 0 Å². The van der Waals surface area contributed by atoms with E-state index in [1.54, 1.807) is 0 Å². The summed E-state index contributed by atoms with van der Waals surface area (Å²) in [5, 5.41) is 0. The van der Waals surface area contributed by atoms with Gasteiger partial charge >= 0.3 is 0 Å². The van der Waals surface area contributed by atoms with Crippen molar-refractivity contribution in [2.45, 2.75) is 53.9 Å². The number of carbonyl (C=O) groups is 1. The van der Waals surface area contributed by atoms with Gasteiger partial charge in [0.15, 0.2) is 0 Å². The lowest BCUT2D eigenvalue weighted by Crippen LogP contribution is -2.39. The average Bonchev–Trinajstić information content (AvgIpc) is 2.26. The van der Waals surface area contributed by atoms with Gasteiger partial charge in [0.05, 0.1) is 0 Å². The Hall–Kier alpha value is -0.370. The number of hydrogen-bond donors (Lipinski definition) is 0. The highest BCUT2D eigenvalue weighted by atomic mass is 16.1. The van der Waals surface area contributed by atoms with Gasteiger partial charge in [-0.25, -0.2) is 0 Å². The van der Waals surface area contributed by atoms with E-state index >= 15 is 0 Å². The zero-order chi connectivity index (χ0) is 13.1. The van der Waals surface area contributed by atoms with Crippen LogP contribution in [0, 0.1) is 17.3 Å². The smallest absolute Gasteiger partial charge is 0.137 e. The fourth-order valence-corrected chi connectivity index (χ4v) is 2.87. The molecule has 1 saturated carbocycles. The molecule has 0 spiro atoms. The molecule has 2 heteroatoms. The Morgan fingerprint density at radius 3 is 2.29 bits per heavy atom. The van der Waals surface area contributed by atoms with Gasteiger partial charge in [0.1, 0.15) is 5.78 Å². The molecule has 0 amide bonds. The molecule has 0 saturated heterocycles. The van der Waals surface area contributed by atoms with Gasteiger partial charge in [-0.05, 0) is 37.3 Å².